The molecule has 114 valence electrons. The molecule has 0 aliphatic heterocycles. The number of nitrogens with two attached hydrogens (primary N) is 1. The van der Waals surface area contributed by atoms with Crippen LogP contribution >= 0.6 is 11.6 Å². The summed E-state index contributed by atoms with van der Waals surface area (Å²) in [6.45, 7) is 0. The molecule has 6 heteroatoms. The molecule has 0 radical (unpaired) electrons. The highest BCUT2D eigenvalue weighted by molar-refractivity contribution is 6.31. The standard InChI is InChI=1S/C15H19ClN2O3/c16-10-6-7-11(12(17)8-10)14(19)18-13(15(20)21)9-4-2-1-3-5-9/h6-9,13H,1-5,17H2,(H,18,19)(H,20,21). The molecule has 2 rings (SSSR count). The van der Waals surface area contributed by atoms with E-state index in [4.69, 9.17) is 17.3 Å². The maximum Gasteiger partial charge on any atom is 0.326 e. The summed E-state index contributed by atoms with van der Waals surface area (Å²) in [5.74, 6) is -1.49. The quantitative estimate of drug-likeness (QED) is 0.745. The third-order valence-corrected chi connectivity index (χ3v) is 4.17. The molecule has 1 atom stereocenters. The van der Waals surface area contributed by atoms with Gasteiger partial charge in [-0.25, -0.2) is 4.79 Å². The normalized spacial score (nSPS) is 17.2. The molecule has 0 spiro atoms. The van der Waals surface area contributed by atoms with Gasteiger partial charge in [0.2, 0.25) is 0 Å². The van der Waals surface area contributed by atoms with Gasteiger partial charge >= 0.3 is 5.97 Å². The SMILES string of the molecule is Nc1cc(Cl)ccc1C(=O)NC(C(=O)O)C1CCCCC1. The first-order chi connectivity index (χ1) is 9.99. The van der Waals surface area contributed by atoms with Crippen LogP contribution in [0, 0.1) is 5.92 Å². The molecular weight excluding hydrogens is 292 g/mol. The Morgan fingerprint density at radius 1 is 1.29 bits per heavy atom. The first-order valence-electron chi connectivity index (χ1n) is 7.07. The second kappa shape index (κ2) is 6.80. The smallest absolute Gasteiger partial charge is 0.326 e. The van der Waals surface area contributed by atoms with Crippen LogP contribution in [0.1, 0.15) is 42.5 Å². The summed E-state index contributed by atoms with van der Waals surface area (Å²) >= 11 is 5.79. The third kappa shape index (κ3) is 3.88. The van der Waals surface area contributed by atoms with Crippen molar-refractivity contribution in [1.82, 2.24) is 5.32 Å². The van der Waals surface area contributed by atoms with E-state index < -0.39 is 17.9 Å². The Morgan fingerprint density at radius 3 is 2.52 bits per heavy atom. The van der Waals surface area contributed by atoms with Gasteiger partial charge in [0.05, 0.1) is 5.56 Å². The Kier molecular flexibility index (Phi) is 5.07. The zero-order valence-electron chi connectivity index (χ0n) is 11.6. The lowest BCUT2D eigenvalue weighted by Crippen LogP contribution is -2.46. The van der Waals surface area contributed by atoms with Gasteiger partial charge < -0.3 is 16.2 Å². The van der Waals surface area contributed by atoms with Gasteiger partial charge in [-0.05, 0) is 37.0 Å². The van der Waals surface area contributed by atoms with Crippen molar-refractivity contribution < 1.29 is 14.7 Å². The number of benzene rings is 1. The van der Waals surface area contributed by atoms with Gasteiger partial charge in [0, 0.05) is 10.7 Å². The van der Waals surface area contributed by atoms with Crippen LogP contribution in [0.2, 0.25) is 5.02 Å². The number of halogens is 1. The number of amides is 1. The number of nitrogens with one attached hydrogen (secondary N) is 1. The van der Waals surface area contributed by atoms with Crippen molar-refractivity contribution in [3.8, 4) is 0 Å². The molecule has 1 aliphatic carbocycles. The topological polar surface area (TPSA) is 92.4 Å². The molecule has 4 N–H and O–H groups in total. The second-order valence-electron chi connectivity index (χ2n) is 5.42. The van der Waals surface area contributed by atoms with Gasteiger partial charge in [-0.1, -0.05) is 30.9 Å². The summed E-state index contributed by atoms with van der Waals surface area (Å²) in [7, 11) is 0. The van der Waals surface area contributed by atoms with Crippen LogP contribution in [0.5, 0.6) is 0 Å². The molecule has 0 saturated heterocycles. The molecule has 1 aromatic carbocycles. The zero-order valence-corrected chi connectivity index (χ0v) is 12.4. The fourth-order valence-electron chi connectivity index (χ4n) is 2.81. The van der Waals surface area contributed by atoms with Gasteiger partial charge in [0.15, 0.2) is 0 Å². The number of anilines is 1. The van der Waals surface area contributed by atoms with Crippen molar-refractivity contribution in [3.63, 3.8) is 0 Å². The Hall–Kier alpha value is -1.75. The van der Waals surface area contributed by atoms with E-state index in [-0.39, 0.29) is 17.2 Å². The minimum atomic E-state index is -0.997. The summed E-state index contributed by atoms with van der Waals surface area (Å²) in [5, 5.41) is 12.4. The highest BCUT2D eigenvalue weighted by Crippen LogP contribution is 2.27. The summed E-state index contributed by atoms with van der Waals surface area (Å²) in [6.07, 6.45) is 4.79. The number of carbonyl (C=O) groups is 2. The molecule has 1 amide bonds. The second-order valence-corrected chi connectivity index (χ2v) is 5.86. The molecule has 0 aromatic heterocycles. The van der Waals surface area contributed by atoms with Crippen molar-refractivity contribution in [2.75, 3.05) is 5.73 Å². The molecule has 1 aromatic rings. The van der Waals surface area contributed by atoms with E-state index in [2.05, 4.69) is 5.32 Å². The molecule has 21 heavy (non-hydrogen) atoms. The van der Waals surface area contributed by atoms with E-state index in [9.17, 15) is 14.7 Å². The number of carbonyl (C=O) groups excluding carboxylic acids is 1. The molecular formula is C15H19ClN2O3. The van der Waals surface area contributed by atoms with E-state index in [1.165, 1.54) is 12.1 Å². The van der Waals surface area contributed by atoms with Crippen LogP contribution < -0.4 is 11.1 Å². The zero-order chi connectivity index (χ0) is 15.4. The van der Waals surface area contributed by atoms with E-state index >= 15 is 0 Å². The fourth-order valence-corrected chi connectivity index (χ4v) is 2.99. The Balaban J connectivity index is 2.12. The van der Waals surface area contributed by atoms with Gasteiger partial charge in [-0.3, -0.25) is 4.79 Å². The lowest BCUT2D eigenvalue weighted by Gasteiger charge is -2.28. The van der Waals surface area contributed by atoms with Gasteiger partial charge in [-0.15, -0.1) is 0 Å². The first kappa shape index (κ1) is 15.6. The maximum atomic E-state index is 12.2. The predicted octanol–water partition coefficient (Wildman–Crippen LogP) is 2.69. The van der Waals surface area contributed by atoms with Crippen LogP contribution in [0.4, 0.5) is 5.69 Å². The van der Waals surface area contributed by atoms with Gasteiger partial charge in [0.25, 0.3) is 5.91 Å². The van der Waals surface area contributed by atoms with Crippen LogP contribution in [0.15, 0.2) is 18.2 Å². The van der Waals surface area contributed by atoms with Crippen LogP contribution in [-0.4, -0.2) is 23.0 Å². The maximum absolute atomic E-state index is 12.2. The number of carboxylic acid groups (broad SMARTS) is 1. The Bertz CT molecular complexity index is 542. The van der Waals surface area contributed by atoms with Gasteiger partial charge in [0.1, 0.15) is 6.04 Å². The largest absolute Gasteiger partial charge is 0.480 e. The first-order valence-corrected chi connectivity index (χ1v) is 7.45. The molecule has 0 bridgehead atoms. The number of carboxylic acids is 1. The highest BCUT2D eigenvalue weighted by atomic mass is 35.5. The number of hydrogen-bond donors (Lipinski definition) is 3. The van der Waals surface area contributed by atoms with Gasteiger partial charge in [-0.2, -0.15) is 0 Å². The third-order valence-electron chi connectivity index (χ3n) is 3.93. The summed E-state index contributed by atoms with van der Waals surface area (Å²) < 4.78 is 0. The van der Waals surface area contributed by atoms with Crippen molar-refractivity contribution in [2.24, 2.45) is 5.92 Å². The average Bonchev–Trinajstić information content (AvgIpc) is 2.45. The summed E-state index contributed by atoms with van der Waals surface area (Å²) in [6, 6.07) is 3.68. The number of rotatable bonds is 4. The fraction of sp³-hybridized carbons (Fsp3) is 0.467. The van der Waals surface area contributed by atoms with E-state index in [0.717, 1.165) is 32.1 Å². The van der Waals surface area contributed by atoms with Crippen LogP contribution in [0.3, 0.4) is 0 Å². The molecule has 1 saturated carbocycles. The van der Waals surface area contributed by atoms with Crippen LogP contribution in [-0.2, 0) is 4.79 Å². The Labute approximate surface area is 128 Å². The van der Waals surface area contributed by atoms with E-state index in [0.29, 0.717) is 5.02 Å². The number of nitrogen functional groups attached to an aromatic ring is 1. The van der Waals surface area contributed by atoms with E-state index in [1.54, 1.807) is 6.07 Å². The molecule has 5 nitrogen and oxygen atoms in total. The molecule has 1 aliphatic rings. The van der Waals surface area contributed by atoms with E-state index in [1.807, 2.05) is 0 Å². The Morgan fingerprint density at radius 2 is 1.95 bits per heavy atom. The lowest BCUT2D eigenvalue weighted by atomic mass is 9.84. The minimum Gasteiger partial charge on any atom is -0.480 e. The van der Waals surface area contributed by atoms with Crippen molar-refractivity contribution in [2.45, 2.75) is 38.1 Å². The van der Waals surface area contributed by atoms with Crippen LogP contribution in [0.25, 0.3) is 0 Å². The van der Waals surface area contributed by atoms with Crippen molar-refractivity contribution in [1.29, 1.82) is 0 Å². The summed E-state index contributed by atoms with van der Waals surface area (Å²) in [4.78, 5) is 23.7. The number of aliphatic carboxylic acids is 1. The summed E-state index contributed by atoms with van der Waals surface area (Å²) in [5.41, 5.74) is 6.25. The predicted molar refractivity (Wildman–Crippen MR) is 81.3 cm³/mol. The molecule has 1 fully saturated rings. The molecule has 0 heterocycles. The monoisotopic (exact) mass is 310 g/mol. The highest BCUT2D eigenvalue weighted by Gasteiger charge is 2.31. The lowest BCUT2D eigenvalue weighted by molar-refractivity contribution is -0.141. The van der Waals surface area contributed by atoms with Crippen molar-refractivity contribution >= 4 is 29.2 Å². The molecule has 1 unspecified atom stereocenters. The number of hydrogen-bond acceptors (Lipinski definition) is 3. The average molecular weight is 311 g/mol. The minimum absolute atomic E-state index is 0.0197. The van der Waals surface area contributed by atoms with Crippen molar-refractivity contribution in [3.05, 3.63) is 28.8 Å².